The molecule has 1 heterocycles. The first-order valence-electron chi connectivity index (χ1n) is 7.22. The second-order valence-corrected chi connectivity index (χ2v) is 6.37. The van der Waals surface area contributed by atoms with Gasteiger partial charge in [-0.25, -0.2) is 4.39 Å². The predicted octanol–water partition coefficient (Wildman–Crippen LogP) is 3.01. The number of likely N-dealkylation sites (tertiary alicyclic amines) is 1. The number of quaternary nitrogens is 1. The Morgan fingerprint density at radius 1 is 1.30 bits per heavy atom. The van der Waals surface area contributed by atoms with E-state index in [-0.39, 0.29) is 17.8 Å². The van der Waals surface area contributed by atoms with E-state index in [4.69, 9.17) is 0 Å². The van der Waals surface area contributed by atoms with Gasteiger partial charge in [-0.2, -0.15) is 0 Å². The Labute approximate surface area is 120 Å². The van der Waals surface area contributed by atoms with Gasteiger partial charge in [0, 0.05) is 17.7 Å². The number of rotatable bonds is 2. The van der Waals surface area contributed by atoms with Gasteiger partial charge >= 0.3 is 0 Å². The number of nitrogens with one attached hydrogen (secondary N) is 1. The zero-order chi connectivity index (χ0) is 14.9. The molecule has 3 nitrogen and oxygen atoms in total. The molecule has 1 atom stereocenters. The number of benzene rings is 1. The molecule has 1 fully saturated rings. The van der Waals surface area contributed by atoms with E-state index in [9.17, 15) is 9.18 Å². The van der Waals surface area contributed by atoms with Gasteiger partial charge in [-0.3, -0.25) is 4.79 Å². The van der Waals surface area contributed by atoms with Crippen molar-refractivity contribution in [2.24, 2.45) is 0 Å². The van der Waals surface area contributed by atoms with Crippen LogP contribution in [0.4, 0.5) is 10.1 Å². The zero-order valence-electron chi connectivity index (χ0n) is 12.8. The summed E-state index contributed by atoms with van der Waals surface area (Å²) in [4.78, 5) is 12.5. The molecule has 0 radical (unpaired) electrons. The number of likely N-dealkylation sites (N-methyl/N-ethyl adjacent to an activating group) is 1. The average molecular weight is 279 g/mol. The Bertz CT molecular complexity index is 525. The van der Waals surface area contributed by atoms with Crippen LogP contribution in [0.1, 0.15) is 30.4 Å². The van der Waals surface area contributed by atoms with Crippen LogP contribution in [0.15, 0.2) is 12.1 Å². The van der Waals surface area contributed by atoms with Gasteiger partial charge < -0.3 is 9.80 Å². The van der Waals surface area contributed by atoms with Crippen LogP contribution in [0, 0.1) is 19.7 Å². The summed E-state index contributed by atoms with van der Waals surface area (Å²) in [6.45, 7) is 4.61. The van der Waals surface area contributed by atoms with Crippen LogP contribution < -0.4 is 5.32 Å². The number of hydrogen-bond donors (Lipinski definition) is 1. The molecule has 1 aliphatic rings. The molecule has 1 amide bonds. The van der Waals surface area contributed by atoms with Crippen LogP contribution in [0.3, 0.4) is 0 Å². The van der Waals surface area contributed by atoms with Crippen LogP contribution in [0.25, 0.3) is 0 Å². The van der Waals surface area contributed by atoms with Gasteiger partial charge in [-0.1, -0.05) is 6.07 Å². The first-order chi connectivity index (χ1) is 9.33. The fourth-order valence-electron chi connectivity index (χ4n) is 3.03. The number of aryl methyl sites for hydroxylation is 1. The van der Waals surface area contributed by atoms with E-state index < -0.39 is 0 Å². The Morgan fingerprint density at radius 3 is 2.65 bits per heavy atom. The molecular weight excluding hydrogens is 255 g/mol. The molecule has 20 heavy (non-hydrogen) atoms. The summed E-state index contributed by atoms with van der Waals surface area (Å²) in [5.74, 6) is -0.269. The molecule has 1 aromatic carbocycles. The van der Waals surface area contributed by atoms with E-state index in [0.29, 0.717) is 15.7 Å². The maximum atomic E-state index is 13.6. The summed E-state index contributed by atoms with van der Waals surface area (Å²) >= 11 is 0. The summed E-state index contributed by atoms with van der Waals surface area (Å²) < 4.78 is 14.4. The minimum absolute atomic E-state index is 0.00602. The van der Waals surface area contributed by atoms with E-state index in [2.05, 4.69) is 19.4 Å². The monoisotopic (exact) mass is 279 g/mol. The van der Waals surface area contributed by atoms with Gasteiger partial charge in [0.05, 0.1) is 20.6 Å². The minimum atomic E-state index is -0.275. The molecule has 0 spiro atoms. The number of carbonyl (C=O) groups excluding carboxylic acids is 1. The molecule has 1 unspecified atom stereocenters. The lowest BCUT2D eigenvalue weighted by molar-refractivity contribution is -0.910. The largest absolute Gasteiger partial charge is 0.320 e. The van der Waals surface area contributed by atoms with E-state index >= 15 is 0 Å². The van der Waals surface area contributed by atoms with Crippen LogP contribution in [-0.4, -0.2) is 37.1 Å². The summed E-state index contributed by atoms with van der Waals surface area (Å²) in [5, 5.41) is 2.95. The number of nitrogens with zero attached hydrogens (tertiary/aromatic N) is 1. The molecule has 1 N–H and O–H groups in total. The highest BCUT2D eigenvalue weighted by molar-refractivity contribution is 5.95. The van der Waals surface area contributed by atoms with Crippen molar-refractivity contribution in [1.29, 1.82) is 0 Å². The lowest BCUT2D eigenvalue weighted by Gasteiger charge is -2.40. The van der Waals surface area contributed by atoms with E-state index in [1.54, 1.807) is 13.0 Å². The minimum Gasteiger partial charge on any atom is -0.320 e. The summed E-state index contributed by atoms with van der Waals surface area (Å²) in [7, 11) is 4.18. The summed E-state index contributed by atoms with van der Waals surface area (Å²) in [6.07, 6.45) is 3.14. The number of hydrogen-bond acceptors (Lipinski definition) is 1. The van der Waals surface area contributed by atoms with Crippen molar-refractivity contribution in [2.45, 2.75) is 39.2 Å². The number of halogens is 1. The maximum Gasteiger partial charge on any atom is 0.282 e. The molecular formula is C16H24FN2O+. The second-order valence-electron chi connectivity index (χ2n) is 6.37. The van der Waals surface area contributed by atoms with Gasteiger partial charge in [-0.15, -0.1) is 0 Å². The number of piperidine rings is 1. The summed E-state index contributed by atoms with van der Waals surface area (Å²) in [6, 6.07) is 3.10. The molecule has 0 bridgehead atoms. The molecule has 0 aliphatic carbocycles. The van der Waals surface area contributed by atoms with Gasteiger partial charge in [0.15, 0.2) is 6.04 Å². The summed E-state index contributed by atoms with van der Waals surface area (Å²) in [5.41, 5.74) is 2.04. The van der Waals surface area contributed by atoms with E-state index in [1.807, 2.05) is 6.92 Å². The molecule has 1 aromatic rings. The van der Waals surface area contributed by atoms with Crippen LogP contribution in [-0.2, 0) is 4.79 Å². The van der Waals surface area contributed by atoms with Crippen molar-refractivity contribution in [3.63, 3.8) is 0 Å². The third-order valence-corrected chi connectivity index (χ3v) is 4.46. The van der Waals surface area contributed by atoms with Crippen molar-refractivity contribution >= 4 is 11.6 Å². The highest BCUT2D eigenvalue weighted by Crippen LogP contribution is 2.26. The van der Waals surface area contributed by atoms with E-state index in [1.165, 1.54) is 6.07 Å². The van der Waals surface area contributed by atoms with Crippen LogP contribution in [0.2, 0.25) is 0 Å². The molecule has 0 aromatic heterocycles. The Kier molecular flexibility index (Phi) is 4.14. The first-order valence-corrected chi connectivity index (χ1v) is 7.22. The highest BCUT2D eigenvalue weighted by atomic mass is 19.1. The smallest absolute Gasteiger partial charge is 0.282 e. The van der Waals surface area contributed by atoms with Crippen LogP contribution in [0.5, 0.6) is 0 Å². The molecule has 110 valence electrons. The number of anilines is 1. The third kappa shape index (κ3) is 2.85. The lowest BCUT2D eigenvalue weighted by Crippen LogP contribution is -2.57. The van der Waals surface area contributed by atoms with Gasteiger partial charge in [-0.05, 0) is 38.3 Å². The van der Waals surface area contributed by atoms with Gasteiger partial charge in [0.25, 0.3) is 5.91 Å². The Morgan fingerprint density at radius 2 is 2.00 bits per heavy atom. The Hall–Kier alpha value is -1.42. The second kappa shape index (κ2) is 5.52. The predicted molar refractivity (Wildman–Crippen MR) is 79.1 cm³/mol. The quantitative estimate of drug-likeness (QED) is 0.828. The standard InChI is InChI=1S/C16H23FN2O/c1-11-8-9-13(17)12(2)15(11)18-16(20)14-7-5-6-10-19(14,3)4/h8-9,14H,5-7,10H2,1-4H3/p+1. The van der Waals surface area contributed by atoms with Crippen LogP contribution >= 0.6 is 0 Å². The van der Waals surface area contributed by atoms with Gasteiger partial charge in [0.1, 0.15) is 5.82 Å². The first kappa shape index (κ1) is 15.0. The van der Waals surface area contributed by atoms with E-state index in [0.717, 1.165) is 31.4 Å². The fourth-order valence-corrected chi connectivity index (χ4v) is 3.03. The lowest BCUT2D eigenvalue weighted by atomic mass is 9.99. The maximum absolute atomic E-state index is 13.6. The molecule has 2 rings (SSSR count). The SMILES string of the molecule is Cc1ccc(F)c(C)c1NC(=O)C1CCCC[N+]1(C)C. The molecule has 1 saturated heterocycles. The molecule has 1 aliphatic heterocycles. The van der Waals surface area contributed by atoms with Crippen molar-refractivity contribution in [3.05, 3.63) is 29.1 Å². The normalized spacial score (nSPS) is 21.6. The topological polar surface area (TPSA) is 29.1 Å². The third-order valence-electron chi connectivity index (χ3n) is 4.46. The number of amides is 1. The van der Waals surface area contributed by atoms with Crippen molar-refractivity contribution in [3.8, 4) is 0 Å². The zero-order valence-corrected chi connectivity index (χ0v) is 12.8. The average Bonchev–Trinajstić information content (AvgIpc) is 2.38. The van der Waals surface area contributed by atoms with Gasteiger partial charge in [0.2, 0.25) is 0 Å². The molecule has 4 heteroatoms. The highest BCUT2D eigenvalue weighted by Gasteiger charge is 2.37. The molecule has 0 saturated carbocycles. The van der Waals surface area contributed by atoms with Crippen molar-refractivity contribution in [1.82, 2.24) is 0 Å². The fraction of sp³-hybridized carbons (Fsp3) is 0.562. The van der Waals surface area contributed by atoms with Crippen molar-refractivity contribution < 1.29 is 13.7 Å². The Balaban J connectivity index is 2.22. The van der Waals surface area contributed by atoms with Crippen molar-refractivity contribution in [2.75, 3.05) is 26.0 Å². The number of carbonyl (C=O) groups is 1.